The quantitative estimate of drug-likeness (QED) is 0.702. The Hall–Kier alpha value is -3.01. The van der Waals surface area contributed by atoms with E-state index in [9.17, 15) is 4.79 Å². The van der Waals surface area contributed by atoms with Crippen LogP contribution in [0.5, 0.6) is 5.75 Å². The first-order valence-corrected chi connectivity index (χ1v) is 8.36. The highest BCUT2D eigenvalue weighted by Gasteiger charge is 2.11. The van der Waals surface area contributed by atoms with Gasteiger partial charge in [0.2, 0.25) is 5.91 Å². The van der Waals surface area contributed by atoms with Crippen molar-refractivity contribution in [3.8, 4) is 5.75 Å². The van der Waals surface area contributed by atoms with Gasteiger partial charge in [0.15, 0.2) is 0 Å². The molecule has 128 valence electrons. The molecule has 4 heteroatoms. The molecule has 0 atom stereocenters. The lowest BCUT2D eigenvalue weighted by atomic mass is 10.1. The van der Waals surface area contributed by atoms with Gasteiger partial charge in [-0.15, -0.1) is 0 Å². The normalized spacial score (nSPS) is 10.6. The van der Waals surface area contributed by atoms with E-state index >= 15 is 0 Å². The molecule has 0 radical (unpaired) electrons. The Labute approximate surface area is 147 Å². The smallest absolute Gasteiger partial charge is 0.217 e. The highest BCUT2D eigenvalue weighted by atomic mass is 16.5. The number of primary amides is 1. The molecule has 0 saturated heterocycles. The zero-order chi connectivity index (χ0) is 17.6. The van der Waals surface area contributed by atoms with Gasteiger partial charge < -0.3 is 15.4 Å². The summed E-state index contributed by atoms with van der Waals surface area (Å²) in [5.41, 5.74) is 7.41. The van der Waals surface area contributed by atoms with Gasteiger partial charge in [-0.05, 0) is 41.5 Å². The van der Waals surface area contributed by atoms with Crippen LogP contribution >= 0.6 is 0 Å². The maximum absolute atomic E-state index is 11.1. The van der Waals surface area contributed by atoms with Gasteiger partial charge in [0.1, 0.15) is 5.75 Å². The number of benzene rings is 3. The van der Waals surface area contributed by atoms with Gasteiger partial charge >= 0.3 is 0 Å². The maximum Gasteiger partial charge on any atom is 0.217 e. The number of amides is 1. The number of rotatable bonds is 7. The Bertz CT molecular complexity index is 876. The summed E-state index contributed by atoms with van der Waals surface area (Å²) < 4.78 is 5.35. The number of methoxy groups -OCH3 is 1. The van der Waals surface area contributed by atoms with Gasteiger partial charge in [-0.3, -0.25) is 4.79 Å². The average molecular weight is 334 g/mol. The van der Waals surface area contributed by atoms with E-state index in [1.165, 1.54) is 10.8 Å². The summed E-state index contributed by atoms with van der Waals surface area (Å²) in [7, 11) is 1.66. The molecule has 3 aromatic rings. The Balaban J connectivity index is 1.97. The molecule has 3 aromatic carbocycles. The molecule has 1 amide bonds. The summed E-state index contributed by atoms with van der Waals surface area (Å²) in [6, 6.07) is 22.6. The van der Waals surface area contributed by atoms with Crippen molar-refractivity contribution in [2.45, 2.75) is 12.8 Å². The van der Waals surface area contributed by atoms with E-state index in [4.69, 9.17) is 10.5 Å². The summed E-state index contributed by atoms with van der Waals surface area (Å²) >= 11 is 0. The Morgan fingerprint density at radius 3 is 2.48 bits per heavy atom. The Morgan fingerprint density at radius 2 is 1.72 bits per heavy atom. The van der Waals surface area contributed by atoms with Crippen LogP contribution in [-0.2, 0) is 4.79 Å². The zero-order valence-corrected chi connectivity index (χ0v) is 14.3. The molecule has 2 N–H and O–H groups in total. The summed E-state index contributed by atoms with van der Waals surface area (Å²) in [6.07, 6.45) is 1.06. The monoisotopic (exact) mass is 334 g/mol. The molecule has 3 rings (SSSR count). The minimum Gasteiger partial charge on any atom is -0.497 e. The second-order valence-corrected chi connectivity index (χ2v) is 5.95. The number of hydrogen-bond donors (Lipinski definition) is 1. The van der Waals surface area contributed by atoms with Crippen LogP contribution in [0.1, 0.15) is 12.8 Å². The van der Waals surface area contributed by atoms with E-state index in [2.05, 4.69) is 35.2 Å². The summed E-state index contributed by atoms with van der Waals surface area (Å²) in [6.45, 7) is 0.703. The molecule has 0 spiro atoms. The van der Waals surface area contributed by atoms with E-state index in [0.29, 0.717) is 19.4 Å². The Morgan fingerprint density at radius 1 is 0.960 bits per heavy atom. The van der Waals surface area contributed by atoms with Gasteiger partial charge in [-0.1, -0.05) is 36.4 Å². The van der Waals surface area contributed by atoms with Crippen molar-refractivity contribution in [1.82, 2.24) is 0 Å². The highest BCUT2D eigenvalue weighted by Crippen LogP contribution is 2.31. The van der Waals surface area contributed by atoms with Crippen LogP contribution in [0, 0.1) is 0 Å². The summed E-state index contributed by atoms with van der Waals surface area (Å²) in [5, 5.41) is 2.39. The van der Waals surface area contributed by atoms with Gasteiger partial charge in [-0.25, -0.2) is 0 Å². The molecule has 0 aromatic heterocycles. The van der Waals surface area contributed by atoms with Crippen molar-refractivity contribution in [2.75, 3.05) is 18.6 Å². The van der Waals surface area contributed by atoms with Crippen LogP contribution in [0.3, 0.4) is 0 Å². The van der Waals surface area contributed by atoms with Crippen LogP contribution in [0.25, 0.3) is 10.8 Å². The molecule has 0 bridgehead atoms. The minimum atomic E-state index is -0.274. The topological polar surface area (TPSA) is 55.6 Å². The number of anilines is 2. The van der Waals surface area contributed by atoms with E-state index in [0.717, 1.165) is 17.1 Å². The number of nitrogens with zero attached hydrogens (tertiary/aromatic N) is 1. The van der Waals surface area contributed by atoms with E-state index in [-0.39, 0.29) is 5.91 Å². The number of fused-ring (bicyclic) bond motifs is 1. The van der Waals surface area contributed by atoms with Gasteiger partial charge in [-0.2, -0.15) is 0 Å². The van der Waals surface area contributed by atoms with E-state index < -0.39 is 0 Å². The molecule has 0 heterocycles. The number of hydrogen-bond acceptors (Lipinski definition) is 3. The fraction of sp³-hybridized carbons (Fsp3) is 0.190. The van der Waals surface area contributed by atoms with Gasteiger partial charge in [0.05, 0.1) is 7.11 Å². The lowest BCUT2D eigenvalue weighted by molar-refractivity contribution is -0.118. The Kier molecular flexibility index (Phi) is 5.19. The lowest BCUT2D eigenvalue weighted by Gasteiger charge is -2.26. The first-order valence-electron chi connectivity index (χ1n) is 8.36. The highest BCUT2D eigenvalue weighted by molar-refractivity contribution is 5.87. The van der Waals surface area contributed by atoms with Crippen molar-refractivity contribution in [2.24, 2.45) is 5.73 Å². The third kappa shape index (κ3) is 4.10. The predicted octanol–water partition coefficient (Wildman–Crippen LogP) is 4.25. The van der Waals surface area contributed by atoms with E-state index in [1.807, 2.05) is 36.4 Å². The first-order chi connectivity index (χ1) is 12.2. The van der Waals surface area contributed by atoms with Crippen molar-refractivity contribution < 1.29 is 9.53 Å². The van der Waals surface area contributed by atoms with Crippen molar-refractivity contribution in [3.63, 3.8) is 0 Å². The van der Waals surface area contributed by atoms with Crippen LogP contribution in [0.4, 0.5) is 11.4 Å². The van der Waals surface area contributed by atoms with E-state index in [1.54, 1.807) is 7.11 Å². The molecule has 25 heavy (non-hydrogen) atoms. The molecule has 4 nitrogen and oxygen atoms in total. The van der Waals surface area contributed by atoms with Crippen LogP contribution in [0.2, 0.25) is 0 Å². The number of ether oxygens (including phenoxy) is 1. The van der Waals surface area contributed by atoms with Crippen LogP contribution in [-0.4, -0.2) is 19.6 Å². The standard InChI is InChI=1S/C21H22N2O2/c1-25-20-9-4-8-18(15-20)23(13-5-10-21(22)24)19-12-11-16-6-2-3-7-17(16)14-19/h2-4,6-9,11-12,14-15H,5,10,13H2,1H3,(H2,22,24). The third-order valence-corrected chi connectivity index (χ3v) is 4.21. The summed E-state index contributed by atoms with van der Waals surface area (Å²) in [5.74, 6) is 0.530. The molecule has 0 fully saturated rings. The zero-order valence-electron chi connectivity index (χ0n) is 14.3. The number of nitrogens with two attached hydrogens (primary N) is 1. The van der Waals surface area contributed by atoms with Crippen molar-refractivity contribution in [1.29, 1.82) is 0 Å². The molecule has 0 saturated carbocycles. The van der Waals surface area contributed by atoms with Crippen LogP contribution < -0.4 is 15.4 Å². The fourth-order valence-electron chi connectivity index (χ4n) is 2.94. The molecule has 0 unspecified atom stereocenters. The third-order valence-electron chi connectivity index (χ3n) is 4.21. The van der Waals surface area contributed by atoms with Crippen molar-refractivity contribution in [3.05, 3.63) is 66.7 Å². The maximum atomic E-state index is 11.1. The average Bonchev–Trinajstić information content (AvgIpc) is 2.64. The molecular formula is C21H22N2O2. The summed E-state index contributed by atoms with van der Waals surface area (Å²) in [4.78, 5) is 13.3. The second kappa shape index (κ2) is 7.71. The van der Waals surface area contributed by atoms with Gasteiger partial charge in [0, 0.05) is 30.4 Å². The van der Waals surface area contributed by atoms with Gasteiger partial charge in [0.25, 0.3) is 0 Å². The molecule has 0 aliphatic heterocycles. The molecular weight excluding hydrogens is 312 g/mol. The fourth-order valence-corrected chi connectivity index (χ4v) is 2.94. The second-order valence-electron chi connectivity index (χ2n) is 5.95. The predicted molar refractivity (Wildman–Crippen MR) is 102 cm³/mol. The largest absolute Gasteiger partial charge is 0.497 e. The molecule has 0 aliphatic rings. The first kappa shape index (κ1) is 16.8. The van der Waals surface area contributed by atoms with Crippen LogP contribution in [0.15, 0.2) is 66.7 Å². The SMILES string of the molecule is COc1cccc(N(CCCC(N)=O)c2ccc3ccccc3c2)c1. The molecule has 0 aliphatic carbocycles. The van der Waals surface area contributed by atoms with Crippen molar-refractivity contribution >= 4 is 28.1 Å². The number of carbonyl (C=O) groups is 1. The minimum absolute atomic E-state index is 0.274. The number of carbonyl (C=O) groups excluding carboxylic acids is 1. The lowest BCUT2D eigenvalue weighted by Crippen LogP contribution is -2.20.